The second kappa shape index (κ2) is 8.58. The molecule has 1 aromatic rings. The first-order chi connectivity index (χ1) is 11.4. The maximum Gasteiger partial charge on any atom is 0.260 e. The van der Waals surface area contributed by atoms with Crippen molar-refractivity contribution in [3.05, 3.63) is 28.2 Å². The third kappa shape index (κ3) is 5.02. The highest BCUT2D eigenvalue weighted by Gasteiger charge is 2.23. The Kier molecular flexibility index (Phi) is 6.75. The molecule has 5 nitrogen and oxygen atoms in total. The van der Waals surface area contributed by atoms with Crippen molar-refractivity contribution in [3.8, 4) is 5.75 Å². The quantitative estimate of drug-likeness (QED) is 0.815. The molecule has 1 fully saturated rings. The van der Waals surface area contributed by atoms with E-state index in [1.165, 1.54) is 0 Å². The van der Waals surface area contributed by atoms with Crippen LogP contribution in [0, 0.1) is 5.92 Å². The maximum atomic E-state index is 12.3. The summed E-state index contributed by atoms with van der Waals surface area (Å²) >= 11 is 11.9. The molecule has 0 radical (unpaired) electrons. The number of amides is 2. The van der Waals surface area contributed by atoms with E-state index in [-0.39, 0.29) is 24.3 Å². The molecule has 0 saturated carbocycles. The summed E-state index contributed by atoms with van der Waals surface area (Å²) in [5, 5.41) is 0.890. The second-order valence-electron chi connectivity index (χ2n) is 6.08. The lowest BCUT2D eigenvalue weighted by Gasteiger charge is -2.23. The van der Waals surface area contributed by atoms with Gasteiger partial charge in [0.15, 0.2) is 6.61 Å². The largest absolute Gasteiger partial charge is 0.482 e. The van der Waals surface area contributed by atoms with Gasteiger partial charge in [0.25, 0.3) is 5.91 Å². The highest BCUT2D eigenvalue weighted by Crippen LogP contribution is 2.27. The van der Waals surface area contributed by atoms with Gasteiger partial charge in [0.05, 0.1) is 5.02 Å². The van der Waals surface area contributed by atoms with Crippen LogP contribution in [0.25, 0.3) is 0 Å². The van der Waals surface area contributed by atoms with Crippen molar-refractivity contribution < 1.29 is 14.3 Å². The SMILES string of the molecule is CC(C)C(=O)N1CCCN(C(=O)COc2ccc(Cl)cc2Cl)CC1. The molecule has 1 aromatic carbocycles. The van der Waals surface area contributed by atoms with Crippen LogP contribution in [0.2, 0.25) is 10.0 Å². The molecular formula is C17H22Cl2N2O3. The fourth-order valence-corrected chi connectivity index (χ4v) is 3.04. The minimum atomic E-state index is -0.111. The normalized spacial score (nSPS) is 15.4. The molecule has 0 unspecified atom stereocenters. The van der Waals surface area contributed by atoms with Crippen molar-refractivity contribution in [1.82, 2.24) is 9.80 Å². The Labute approximate surface area is 152 Å². The van der Waals surface area contributed by atoms with Gasteiger partial charge in [0, 0.05) is 37.1 Å². The number of benzene rings is 1. The van der Waals surface area contributed by atoms with Gasteiger partial charge >= 0.3 is 0 Å². The predicted octanol–water partition coefficient (Wildman–Crippen LogP) is 3.09. The highest BCUT2D eigenvalue weighted by molar-refractivity contribution is 6.35. The van der Waals surface area contributed by atoms with Gasteiger partial charge in [-0.25, -0.2) is 0 Å². The van der Waals surface area contributed by atoms with Gasteiger partial charge in [-0.3, -0.25) is 9.59 Å². The average molecular weight is 373 g/mol. The number of hydrogen-bond acceptors (Lipinski definition) is 3. The van der Waals surface area contributed by atoms with E-state index in [1.54, 1.807) is 23.1 Å². The molecule has 0 spiro atoms. The molecule has 0 N–H and O–H groups in total. The molecule has 1 saturated heterocycles. The Hall–Kier alpha value is -1.46. The van der Waals surface area contributed by atoms with E-state index in [0.29, 0.717) is 42.0 Å². The van der Waals surface area contributed by atoms with Crippen LogP contribution in [-0.4, -0.2) is 54.4 Å². The van der Waals surface area contributed by atoms with Crippen LogP contribution in [0.4, 0.5) is 0 Å². The van der Waals surface area contributed by atoms with E-state index < -0.39 is 0 Å². The van der Waals surface area contributed by atoms with Crippen molar-refractivity contribution in [2.24, 2.45) is 5.92 Å². The zero-order valence-corrected chi connectivity index (χ0v) is 15.4. The van der Waals surface area contributed by atoms with Crippen molar-refractivity contribution in [2.45, 2.75) is 20.3 Å². The number of halogens is 2. The lowest BCUT2D eigenvalue weighted by molar-refractivity contribution is -0.136. The summed E-state index contributed by atoms with van der Waals surface area (Å²) in [6.45, 7) is 6.09. The molecule has 2 rings (SSSR count). The van der Waals surface area contributed by atoms with Gasteiger partial charge in [-0.1, -0.05) is 37.0 Å². The smallest absolute Gasteiger partial charge is 0.260 e. The summed E-state index contributed by atoms with van der Waals surface area (Å²) in [7, 11) is 0. The van der Waals surface area contributed by atoms with Crippen molar-refractivity contribution in [3.63, 3.8) is 0 Å². The van der Waals surface area contributed by atoms with E-state index in [1.807, 2.05) is 18.7 Å². The molecule has 0 bridgehead atoms. The van der Waals surface area contributed by atoms with E-state index in [4.69, 9.17) is 27.9 Å². The number of rotatable bonds is 4. The summed E-state index contributed by atoms with van der Waals surface area (Å²) in [4.78, 5) is 28.0. The lowest BCUT2D eigenvalue weighted by Crippen LogP contribution is -2.40. The van der Waals surface area contributed by atoms with Gasteiger partial charge in [0.1, 0.15) is 5.75 Å². The van der Waals surface area contributed by atoms with Gasteiger partial charge in [0.2, 0.25) is 5.91 Å². The number of nitrogens with zero attached hydrogens (tertiary/aromatic N) is 2. The maximum absolute atomic E-state index is 12.3. The zero-order chi connectivity index (χ0) is 17.7. The van der Waals surface area contributed by atoms with Crippen LogP contribution in [0.5, 0.6) is 5.75 Å². The van der Waals surface area contributed by atoms with E-state index >= 15 is 0 Å². The van der Waals surface area contributed by atoms with Crippen molar-refractivity contribution in [2.75, 3.05) is 32.8 Å². The topological polar surface area (TPSA) is 49.9 Å². The Morgan fingerprint density at radius 2 is 1.79 bits per heavy atom. The summed E-state index contributed by atoms with van der Waals surface area (Å²) in [6, 6.07) is 4.88. The van der Waals surface area contributed by atoms with Crippen LogP contribution in [0.15, 0.2) is 18.2 Å². The number of hydrogen-bond donors (Lipinski definition) is 0. The molecule has 7 heteroatoms. The summed E-state index contributed by atoms with van der Waals surface area (Å²) in [5.41, 5.74) is 0. The molecule has 132 valence electrons. The zero-order valence-electron chi connectivity index (χ0n) is 13.9. The van der Waals surface area contributed by atoms with Gasteiger partial charge in [-0.2, -0.15) is 0 Å². The number of ether oxygens (including phenoxy) is 1. The summed E-state index contributed by atoms with van der Waals surface area (Å²) < 4.78 is 5.50. The van der Waals surface area contributed by atoms with Crippen LogP contribution in [-0.2, 0) is 9.59 Å². The van der Waals surface area contributed by atoms with E-state index in [9.17, 15) is 9.59 Å². The van der Waals surface area contributed by atoms with Crippen molar-refractivity contribution >= 4 is 35.0 Å². The third-order valence-corrected chi connectivity index (χ3v) is 4.43. The Morgan fingerprint density at radius 1 is 1.12 bits per heavy atom. The molecule has 1 aliphatic heterocycles. The molecular weight excluding hydrogens is 351 g/mol. The molecule has 0 atom stereocenters. The van der Waals surface area contributed by atoms with Crippen LogP contribution >= 0.6 is 23.2 Å². The van der Waals surface area contributed by atoms with Crippen LogP contribution in [0.3, 0.4) is 0 Å². The minimum absolute atomic E-state index is 0.0253. The fraction of sp³-hybridized carbons (Fsp3) is 0.529. The standard InChI is InChI=1S/C17H22Cl2N2O3/c1-12(2)17(23)21-7-3-6-20(8-9-21)16(22)11-24-15-5-4-13(18)10-14(15)19/h4-5,10,12H,3,6-9,11H2,1-2H3. The highest BCUT2D eigenvalue weighted by atomic mass is 35.5. The molecule has 0 aliphatic carbocycles. The van der Waals surface area contributed by atoms with Gasteiger partial charge in [-0.05, 0) is 24.6 Å². The number of carbonyl (C=O) groups excluding carboxylic acids is 2. The first kappa shape index (κ1) is 18.9. The molecule has 0 aromatic heterocycles. The Morgan fingerprint density at radius 3 is 2.46 bits per heavy atom. The molecule has 2 amide bonds. The summed E-state index contributed by atoms with van der Waals surface area (Å²) in [5.74, 6) is 0.428. The minimum Gasteiger partial charge on any atom is -0.482 e. The molecule has 1 heterocycles. The monoisotopic (exact) mass is 372 g/mol. The summed E-state index contributed by atoms with van der Waals surface area (Å²) in [6.07, 6.45) is 0.770. The predicted molar refractivity (Wildman–Crippen MR) is 94.6 cm³/mol. The Balaban J connectivity index is 1.87. The van der Waals surface area contributed by atoms with Crippen LogP contribution < -0.4 is 4.74 Å². The number of carbonyl (C=O) groups is 2. The molecule has 24 heavy (non-hydrogen) atoms. The Bertz CT molecular complexity index is 607. The van der Waals surface area contributed by atoms with Gasteiger partial charge < -0.3 is 14.5 Å². The second-order valence-corrected chi connectivity index (χ2v) is 6.92. The first-order valence-corrected chi connectivity index (χ1v) is 8.78. The first-order valence-electron chi connectivity index (χ1n) is 8.03. The van der Waals surface area contributed by atoms with Crippen LogP contribution in [0.1, 0.15) is 20.3 Å². The third-order valence-electron chi connectivity index (χ3n) is 3.90. The molecule has 1 aliphatic rings. The average Bonchev–Trinajstić information content (AvgIpc) is 2.79. The van der Waals surface area contributed by atoms with E-state index in [2.05, 4.69) is 0 Å². The lowest BCUT2D eigenvalue weighted by atomic mass is 10.2. The van der Waals surface area contributed by atoms with Gasteiger partial charge in [-0.15, -0.1) is 0 Å². The van der Waals surface area contributed by atoms with E-state index in [0.717, 1.165) is 6.42 Å². The fourth-order valence-electron chi connectivity index (χ4n) is 2.58. The van der Waals surface area contributed by atoms with Crippen molar-refractivity contribution in [1.29, 1.82) is 0 Å².